The van der Waals surface area contributed by atoms with Crippen LogP contribution in [-0.4, -0.2) is 23.2 Å². The lowest BCUT2D eigenvalue weighted by Crippen LogP contribution is -2.25. The summed E-state index contributed by atoms with van der Waals surface area (Å²) in [6.45, 7) is 0.127. The third-order valence-corrected chi connectivity index (χ3v) is 4.69. The van der Waals surface area contributed by atoms with Crippen LogP contribution in [0.3, 0.4) is 0 Å². The van der Waals surface area contributed by atoms with Gasteiger partial charge in [-0.05, 0) is 28.1 Å². The van der Waals surface area contributed by atoms with Gasteiger partial charge in [-0.1, -0.05) is 11.6 Å². The van der Waals surface area contributed by atoms with Crippen molar-refractivity contribution >= 4 is 37.6 Å². The fourth-order valence-corrected chi connectivity index (χ4v) is 3.35. The standard InChI is InChI=1S/C10H10BrClN4O2S/c1-16-8(2-3-14-16)6-15-19(17,18)9-4-7(11)5-13-10(9)12/h2-5,15H,6H2,1H3. The second kappa shape index (κ2) is 5.58. The molecule has 6 nitrogen and oxygen atoms in total. The van der Waals surface area contributed by atoms with Crippen molar-refractivity contribution in [3.63, 3.8) is 0 Å². The Morgan fingerprint density at radius 2 is 2.26 bits per heavy atom. The monoisotopic (exact) mass is 364 g/mol. The number of hydrogen-bond donors (Lipinski definition) is 1. The van der Waals surface area contributed by atoms with Crippen LogP contribution >= 0.6 is 27.5 Å². The van der Waals surface area contributed by atoms with Gasteiger partial charge in [-0.15, -0.1) is 0 Å². The number of halogens is 2. The van der Waals surface area contributed by atoms with Crippen LogP contribution in [0.15, 0.2) is 33.9 Å². The van der Waals surface area contributed by atoms with Crippen molar-refractivity contribution in [2.75, 3.05) is 0 Å². The van der Waals surface area contributed by atoms with Gasteiger partial charge in [-0.3, -0.25) is 4.68 Å². The van der Waals surface area contributed by atoms with Gasteiger partial charge >= 0.3 is 0 Å². The first-order chi connectivity index (χ1) is 8.90. The Balaban J connectivity index is 2.23. The summed E-state index contributed by atoms with van der Waals surface area (Å²) in [6, 6.07) is 3.13. The molecule has 19 heavy (non-hydrogen) atoms. The number of rotatable bonds is 4. The number of hydrogen-bond acceptors (Lipinski definition) is 4. The third kappa shape index (κ3) is 3.33. The van der Waals surface area contributed by atoms with Gasteiger partial charge in [0.1, 0.15) is 10.0 Å². The maximum absolute atomic E-state index is 12.1. The molecule has 0 aliphatic rings. The Bertz CT molecular complexity index is 701. The molecule has 0 aliphatic carbocycles. The molecule has 2 rings (SSSR count). The van der Waals surface area contributed by atoms with Crippen LogP contribution in [0.4, 0.5) is 0 Å². The summed E-state index contributed by atoms with van der Waals surface area (Å²) in [6.07, 6.45) is 3.03. The molecular formula is C10H10BrClN4O2S. The zero-order valence-corrected chi connectivity index (χ0v) is 13.0. The molecular weight excluding hydrogens is 356 g/mol. The van der Waals surface area contributed by atoms with E-state index in [1.54, 1.807) is 24.0 Å². The highest BCUT2D eigenvalue weighted by molar-refractivity contribution is 9.10. The number of aromatic nitrogens is 3. The highest BCUT2D eigenvalue weighted by Gasteiger charge is 2.19. The van der Waals surface area contributed by atoms with Crippen LogP contribution in [0.1, 0.15) is 5.69 Å². The van der Waals surface area contributed by atoms with Crippen molar-refractivity contribution in [1.29, 1.82) is 0 Å². The fourth-order valence-electron chi connectivity index (χ4n) is 1.41. The summed E-state index contributed by atoms with van der Waals surface area (Å²) in [5.74, 6) is 0. The topological polar surface area (TPSA) is 76.9 Å². The van der Waals surface area contributed by atoms with Gasteiger partial charge in [0.05, 0.1) is 12.2 Å². The molecule has 0 amide bonds. The highest BCUT2D eigenvalue weighted by Crippen LogP contribution is 2.22. The van der Waals surface area contributed by atoms with Crippen molar-refractivity contribution in [3.05, 3.63) is 39.8 Å². The molecule has 0 aliphatic heterocycles. The van der Waals surface area contributed by atoms with Crippen LogP contribution in [0.25, 0.3) is 0 Å². The van der Waals surface area contributed by atoms with Gasteiger partial charge in [0.2, 0.25) is 10.0 Å². The number of pyridine rings is 1. The van der Waals surface area contributed by atoms with E-state index in [0.717, 1.165) is 5.69 Å². The second-order valence-electron chi connectivity index (χ2n) is 3.71. The van der Waals surface area contributed by atoms with Crippen molar-refractivity contribution in [1.82, 2.24) is 19.5 Å². The van der Waals surface area contributed by atoms with Crippen LogP contribution in [0.2, 0.25) is 5.15 Å². The second-order valence-corrected chi connectivity index (χ2v) is 6.72. The van der Waals surface area contributed by atoms with Gasteiger partial charge in [-0.25, -0.2) is 18.1 Å². The predicted octanol–water partition coefficient (Wildman–Crippen LogP) is 1.71. The van der Waals surface area contributed by atoms with E-state index >= 15 is 0 Å². The van der Waals surface area contributed by atoms with Gasteiger partial charge < -0.3 is 0 Å². The van der Waals surface area contributed by atoms with E-state index in [-0.39, 0.29) is 16.6 Å². The minimum Gasteiger partial charge on any atom is -0.271 e. The van der Waals surface area contributed by atoms with Crippen LogP contribution in [0.5, 0.6) is 0 Å². The molecule has 0 saturated heterocycles. The van der Waals surface area contributed by atoms with E-state index in [0.29, 0.717) is 4.47 Å². The Hall–Kier alpha value is -0.960. The van der Waals surface area contributed by atoms with Crippen molar-refractivity contribution < 1.29 is 8.42 Å². The molecule has 0 aromatic carbocycles. The van der Waals surface area contributed by atoms with E-state index in [4.69, 9.17) is 11.6 Å². The number of aryl methyl sites for hydroxylation is 1. The molecule has 0 fully saturated rings. The lowest BCUT2D eigenvalue weighted by molar-refractivity contribution is 0.576. The molecule has 9 heteroatoms. The van der Waals surface area contributed by atoms with Crippen molar-refractivity contribution in [2.45, 2.75) is 11.4 Å². The lowest BCUT2D eigenvalue weighted by atomic mass is 10.4. The molecule has 1 N–H and O–H groups in total. The Labute approximate surface area is 124 Å². The largest absolute Gasteiger partial charge is 0.271 e. The fraction of sp³-hybridized carbons (Fsp3) is 0.200. The first-order valence-electron chi connectivity index (χ1n) is 5.18. The van der Waals surface area contributed by atoms with Crippen LogP contribution < -0.4 is 4.72 Å². The van der Waals surface area contributed by atoms with Crippen molar-refractivity contribution in [3.8, 4) is 0 Å². The summed E-state index contributed by atoms with van der Waals surface area (Å²) in [7, 11) is -1.99. The minimum atomic E-state index is -3.72. The molecule has 0 atom stereocenters. The molecule has 0 radical (unpaired) electrons. The summed E-state index contributed by atoms with van der Waals surface area (Å²) in [5, 5.41) is 3.89. The average Bonchev–Trinajstić information content (AvgIpc) is 2.75. The normalized spacial score (nSPS) is 11.7. The molecule has 102 valence electrons. The van der Waals surface area contributed by atoms with Gasteiger partial charge in [0, 0.05) is 23.9 Å². The first kappa shape index (κ1) is 14.4. The molecule has 2 aromatic rings. The quantitative estimate of drug-likeness (QED) is 0.837. The molecule has 2 heterocycles. The van der Waals surface area contributed by atoms with E-state index < -0.39 is 10.0 Å². The first-order valence-corrected chi connectivity index (χ1v) is 7.83. The Kier molecular flexibility index (Phi) is 4.24. The van der Waals surface area contributed by atoms with E-state index in [2.05, 4.69) is 30.7 Å². The zero-order valence-electron chi connectivity index (χ0n) is 9.84. The number of nitrogens with one attached hydrogen (secondary N) is 1. The molecule has 0 bridgehead atoms. The SMILES string of the molecule is Cn1nccc1CNS(=O)(=O)c1cc(Br)cnc1Cl. The summed E-state index contributed by atoms with van der Waals surface area (Å²) in [4.78, 5) is 3.73. The predicted molar refractivity (Wildman–Crippen MR) is 74.2 cm³/mol. The van der Waals surface area contributed by atoms with Gasteiger partial charge in [0.25, 0.3) is 0 Å². The van der Waals surface area contributed by atoms with E-state index in [1.807, 2.05) is 0 Å². The maximum atomic E-state index is 12.1. The number of sulfonamides is 1. The summed E-state index contributed by atoms with van der Waals surface area (Å²) in [5.41, 5.74) is 0.739. The summed E-state index contributed by atoms with van der Waals surface area (Å²) >= 11 is 8.97. The average molecular weight is 366 g/mol. The third-order valence-electron chi connectivity index (χ3n) is 2.43. The maximum Gasteiger partial charge on any atom is 0.244 e. The smallest absolute Gasteiger partial charge is 0.244 e. The van der Waals surface area contributed by atoms with Crippen molar-refractivity contribution in [2.24, 2.45) is 7.05 Å². The Morgan fingerprint density at radius 1 is 1.53 bits per heavy atom. The molecule has 0 unspecified atom stereocenters. The minimum absolute atomic E-state index is 0.0642. The zero-order chi connectivity index (χ0) is 14.0. The summed E-state index contributed by atoms with van der Waals surface area (Å²) < 4.78 is 28.8. The molecule has 0 spiro atoms. The van der Waals surface area contributed by atoms with Gasteiger partial charge in [0.15, 0.2) is 0 Å². The molecule has 2 aromatic heterocycles. The van der Waals surface area contributed by atoms with E-state index in [1.165, 1.54) is 12.3 Å². The number of nitrogens with zero attached hydrogens (tertiary/aromatic N) is 3. The van der Waals surface area contributed by atoms with Crippen LogP contribution in [0, 0.1) is 0 Å². The Morgan fingerprint density at radius 3 is 2.89 bits per heavy atom. The lowest BCUT2D eigenvalue weighted by Gasteiger charge is -2.08. The molecule has 0 saturated carbocycles. The van der Waals surface area contributed by atoms with E-state index in [9.17, 15) is 8.42 Å². The van der Waals surface area contributed by atoms with Crippen LogP contribution in [-0.2, 0) is 23.6 Å². The highest BCUT2D eigenvalue weighted by atomic mass is 79.9. The van der Waals surface area contributed by atoms with Gasteiger partial charge in [-0.2, -0.15) is 5.10 Å².